The molecule has 3 heterocycles. The molecule has 0 saturated carbocycles. The number of nitriles is 2. The van der Waals surface area contributed by atoms with Gasteiger partial charge in [0.1, 0.15) is 17.2 Å². The van der Waals surface area contributed by atoms with E-state index in [0.717, 1.165) is 65.6 Å². The predicted molar refractivity (Wildman–Crippen MR) is 210 cm³/mol. The van der Waals surface area contributed by atoms with Crippen molar-refractivity contribution in [2.24, 2.45) is 0 Å². The van der Waals surface area contributed by atoms with E-state index in [4.69, 9.17) is 17.6 Å². The lowest BCUT2D eigenvalue weighted by Gasteiger charge is -2.18. The van der Waals surface area contributed by atoms with Gasteiger partial charge in [0.2, 0.25) is 5.69 Å². The van der Waals surface area contributed by atoms with Crippen LogP contribution in [0.5, 0.6) is 0 Å². The van der Waals surface area contributed by atoms with Crippen LogP contribution in [0.2, 0.25) is 0 Å². The molecule has 7 nitrogen and oxygen atoms in total. The summed E-state index contributed by atoms with van der Waals surface area (Å²) in [6.45, 7) is 16.4. The lowest BCUT2D eigenvalue weighted by atomic mass is 9.94. The fourth-order valence-electron chi connectivity index (χ4n) is 8.12. The Morgan fingerprint density at radius 2 is 1.15 bits per heavy atom. The number of rotatable bonds is 3. The second-order valence-electron chi connectivity index (χ2n) is 12.8. The standard InChI is InChI=1S/C46H22N6O/c1-49-34-19-20-38(51-37-17-9-5-13-31(37)44-39(51)21-22-42-45(44)32-14-6-10-18-41(32)53-42)33(26-48)43(34)27-23-28(25-47)46(50-2)40(24-27)52-35-15-7-3-11-29(35)30-12-4-8-16-36(30)52/h3-24H. The molecule has 0 aliphatic heterocycles. The van der Waals surface area contributed by atoms with Crippen LogP contribution in [0.15, 0.2) is 138 Å². The summed E-state index contributed by atoms with van der Waals surface area (Å²) in [5, 5.41) is 27.6. The summed E-state index contributed by atoms with van der Waals surface area (Å²) >= 11 is 0. The van der Waals surface area contributed by atoms with E-state index in [-0.39, 0.29) is 22.5 Å². The molecule has 0 fully saturated rings. The zero-order valence-electron chi connectivity index (χ0n) is 27.8. The van der Waals surface area contributed by atoms with Crippen molar-refractivity contribution < 1.29 is 4.42 Å². The van der Waals surface area contributed by atoms with E-state index >= 15 is 0 Å². The Morgan fingerprint density at radius 3 is 1.81 bits per heavy atom. The van der Waals surface area contributed by atoms with Crippen molar-refractivity contribution in [2.45, 2.75) is 0 Å². The number of hydrogen-bond donors (Lipinski definition) is 0. The van der Waals surface area contributed by atoms with Crippen LogP contribution >= 0.6 is 0 Å². The Hall–Kier alpha value is -8.10. The Bertz CT molecular complexity index is 3350. The van der Waals surface area contributed by atoms with Gasteiger partial charge in [0, 0.05) is 37.9 Å². The molecule has 3 aromatic heterocycles. The lowest BCUT2D eigenvalue weighted by Crippen LogP contribution is -2.01. The molecule has 0 radical (unpaired) electrons. The van der Waals surface area contributed by atoms with E-state index in [2.05, 4.69) is 38.5 Å². The van der Waals surface area contributed by atoms with Gasteiger partial charge < -0.3 is 13.6 Å². The van der Waals surface area contributed by atoms with Crippen molar-refractivity contribution in [3.63, 3.8) is 0 Å². The number of aromatic nitrogens is 2. The summed E-state index contributed by atoms with van der Waals surface area (Å²) in [4.78, 5) is 7.76. The summed E-state index contributed by atoms with van der Waals surface area (Å²) in [6.07, 6.45) is 0. The molecule has 0 N–H and O–H groups in total. The first-order valence-corrected chi connectivity index (χ1v) is 16.9. The first-order valence-electron chi connectivity index (χ1n) is 16.9. The van der Waals surface area contributed by atoms with Crippen LogP contribution in [0.25, 0.3) is 97.7 Å². The first kappa shape index (κ1) is 29.8. The highest BCUT2D eigenvalue weighted by molar-refractivity contribution is 6.27. The van der Waals surface area contributed by atoms with Crippen LogP contribution in [0.4, 0.5) is 11.4 Å². The topological polar surface area (TPSA) is 79.3 Å². The molecule has 7 aromatic carbocycles. The van der Waals surface area contributed by atoms with E-state index in [1.807, 2.05) is 114 Å². The van der Waals surface area contributed by atoms with Crippen LogP contribution in [0.3, 0.4) is 0 Å². The highest BCUT2D eigenvalue weighted by atomic mass is 16.3. The third-order valence-electron chi connectivity index (χ3n) is 10.2. The molecule has 0 unspecified atom stereocenters. The third kappa shape index (κ3) is 4.05. The molecular formula is C46H22N6O. The van der Waals surface area contributed by atoms with Crippen LogP contribution in [0, 0.1) is 35.8 Å². The van der Waals surface area contributed by atoms with Crippen molar-refractivity contribution in [3.8, 4) is 34.6 Å². The summed E-state index contributed by atoms with van der Waals surface area (Å²) < 4.78 is 10.3. The number of furan rings is 1. The van der Waals surface area contributed by atoms with E-state index < -0.39 is 0 Å². The Morgan fingerprint density at radius 1 is 0.528 bits per heavy atom. The highest BCUT2D eigenvalue weighted by Crippen LogP contribution is 2.46. The molecule has 0 amide bonds. The van der Waals surface area contributed by atoms with E-state index in [9.17, 15) is 10.5 Å². The molecular weight excluding hydrogens is 653 g/mol. The van der Waals surface area contributed by atoms with Gasteiger partial charge in [-0.05, 0) is 60.2 Å². The van der Waals surface area contributed by atoms with Gasteiger partial charge in [-0.25, -0.2) is 9.69 Å². The van der Waals surface area contributed by atoms with E-state index in [1.165, 1.54) is 0 Å². The maximum absolute atomic E-state index is 11.1. The van der Waals surface area contributed by atoms with Crippen molar-refractivity contribution in [2.75, 3.05) is 0 Å². The SMILES string of the molecule is [C-]#[N+]c1ccc(-n2c3ccccc3c3c4c(ccc32)oc2ccccc24)c(C#N)c1-c1cc(C#N)c([N+]#[C-])c(-n2c3ccccc3c3ccccc32)c1. The molecule has 0 spiro atoms. The average Bonchev–Trinajstić information content (AvgIpc) is 3.87. The number of nitrogens with zero attached hydrogens (tertiary/aromatic N) is 6. The van der Waals surface area contributed by atoms with Crippen molar-refractivity contribution in [3.05, 3.63) is 167 Å². The van der Waals surface area contributed by atoms with Gasteiger partial charge >= 0.3 is 0 Å². The van der Waals surface area contributed by atoms with Gasteiger partial charge in [0.15, 0.2) is 5.69 Å². The minimum Gasteiger partial charge on any atom is -0.456 e. The van der Waals surface area contributed by atoms with Gasteiger partial charge in [-0.3, -0.25) is 0 Å². The maximum Gasteiger partial charge on any atom is 0.227 e. The highest BCUT2D eigenvalue weighted by Gasteiger charge is 2.25. The normalized spacial score (nSPS) is 11.3. The number of hydrogen-bond acceptors (Lipinski definition) is 3. The number of para-hydroxylation sites is 4. The van der Waals surface area contributed by atoms with Crippen molar-refractivity contribution >= 4 is 76.9 Å². The van der Waals surface area contributed by atoms with Crippen LogP contribution in [-0.2, 0) is 0 Å². The molecule has 0 atom stereocenters. The van der Waals surface area contributed by atoms with Gasteiger partial charge in [-0.2, -0.15) is 10.5 Å². The molecule has 0 bridgehead atoms. The molecule has 7 heteroatoms. The van der Waals surface area contributed by atoms with Crippen LogP contribution in [-0.4, -0.2) is 9.13 Å². The monoisotopic (exact) mass is 674 g/mol. The molecule has 53 heavy (non-hydrogen) atoms. The summed E-state index contributed by atoms with van der Waals surface area (Å²) in [7, 11) is 0. The number of fused-ring (bicyclic) bond motifs is 10. The van der Waals surface area contributed by atoms with Crippen molar-refractivity contribution in [1.29, 1.82) is 10.5 Å². The lowest BCUT2D eigenvalue weighted by molar-refractivity contribution is 0.669. The van der Waals surface area contributed by atoms with Crippen LogP contribution in [0.1, 0.15) is 11.1 Å². The molecule has 0 saturated heterocycles. The van der Waals surface area contributed by atoms with E-state index in [1.54, 1.807) is 12.1 Å². The van der Waals surface area contributed by atoms with Gasteiger partial charge in [-0.1, -0.05) is 78.9 Å². The smallest absolute Gasteiger partial charge is 0.227 e. The van der Waals surface area contributed by atoms with Crippen LogP contribution < -0.4 is 0 Å². The first-order chi connectivity index (χ1) is 26.1. The van der Waals surface area contributed by atoms with E-state index in [0.29, 0.717) is 22.5 Å². The Balaban J connectivity index is 1.31. The summed E-state index contributed by atoms with van der Waals surface area (Å²) in [5.74, 6) is 0. The average molecular weight is 675 g/mol. The summed E-state index contributed by atoms with van der Waals surface area (Å²) in [6, 6.07) is 47.7. The Labute approximate surface area is 302 Å². The quantitative estimate of drug-likeness (QED) is 0.175. The maximum atomic E-state index is 11.1. The molecule has 10 aromatic rings. The fourth-order valence-corrected chi connectivity index (χ4v) is 8.12. The second-order valence-corrected chi connectivity index (χ2v) is 12.8. The predicted octanol–water partition coefficient (Wildman–Crippen LogP) is 12.3. The fraction of sp³-hybridized carbons (Fsp3) is 0. The molecule has 10 rings (SSSR count). The summed E-state index contributed by atoms with van der Waals surface area (Å²) in [5.41, 5.74) is 8.00. The zero-order chi connectivity index (χ0) is 35.8. The Kier molecular flexibility index (Phi) is 6.30. The number of benzene rings is 7. The largest absolute Gasteiger partial charge is 0.456 e. The molecule has 0 aliphatic rings. The molecule has 0 aliphatic carbocycles. The van der Waals surface area contributed by atoms with Gasteiger partial charge in [0.05, 0.1) is 63.8 Å². The minimum atomic E-state index is 0.158. The molecule has 242 valence electrons. The van der Waals surface area contributed by atoms with Gasteiger partial charge in [0.25, 0.3) is 0 Å². The van der Waals surface area contributed by atoms with Crippen molar-refractivity contribution in [1.82, 2.24) is 9.13 Å². The zero-order valence-corrected chi connectivity index (χ0v) is 27.8. The van der Waals surface area contributed by atoms with Gasteiger partial charge in [-0.15, -0.1) is 0 Å². The minimum absolute atomic E-state index is 0.158. The second kappa shape index (κ2) is 11.2. The third-order valence-corrected chi connectivity index (χ3v) is 10.2.